The second-order valence-corrected chi connectivity index (χ2v) is 5.19. The number of H-pyrrole nitrogens is 1. The minimum atomic E-state index is 0.519. The van der Waals surface area contributed by atoms with E-state index in [4.69, 9.17) is 5.73 Å². The van der Waals surface area contributed by atoms with Crippen molar-refractivity contribution in [3.8, 4) is 22.3 Å². The van der Waals surface area contributed by atoms with Crippen LogP contribution in [0.1, 0.15) is 0 Å². The first-order valence-electron chi connectivity index (χ1n) is 7.06. The zero-order valence-electron chi connectivity index (χ0n) is 11.8. The summed E-state index contributed by atoms with van der Waals surface area (Å²) in [6.45, 7) is 0. The Bertz CT molecular complexity index is 942. The zero-order valence-corrected chi connectivity index (χ0v) is 11.8. The third kappa shape index (κ3) is 2.11. The Morgan fingerprint density at radius 2 is 1.73 bits per heavy atom. The quantitative estimate of drug-likeness (QED) is 0.587. The molecule has 4 aromatic rings. The van der Waals surface area contributed by atoms with Crippen molar-refractivity contribution in [2.75, 3.05) is 5.73 Å². The van der Waals surface area contributed by atoms with Crippen LogP contribution in [0.5, 0.6) is 0 Å². The molecule has 0 bridgehead atoms. The van der Waals surface area contributed by atoms with Gasteiger partial charge in [0.2, 0.25) is 0 Å². The predicted molar refractivity (Wildman–Crippen MR) is 89.2 cm³/mol. The molecule has 0 unspecified atom stereocenters. The number of hydrogen-bond donors (Lipinski definition) is 2. The lowest BCUT2D eigenvalue weighted by molar-refractivity contribution is 1.12. The molecule has 0 saturated heterocycles. The molecule has 4 rings (SSSR count). The highest BCUT2D eigenvalue weighted by atomic mass is 15.1. The number of nitrogens with one attached hydrogen (secondary N) is 1. The van der Waals surface area contributed by atoms with Gasteiger partial charge in [0.05, 0.1) is 11.7 Å². The molecule has 0 aliphatic carbocycles. The molecule has 2 aromatic heterocycles. The number of rotatable bonds is 2. The maximum atomic E-state index is 5.81. The van der Waals surface area contributed by atoms with Gasteiger partial charge in [-0.3, -0.25) is 5.10 Å². The molecule has 0 saturated carbocycles. The van der Waals surface area contributed by atoms with Crippen molar-refractivity contribution in [3.05, 3.63) is 67.0 Å². The lowest BCUT2D eigenvalue weighted by Gasteiger charge is -2.08. The van der Waals surface area contributed by atoms with Gasteiger partial charge in [-0.15, -0.1) is 0 Å². The molecule has 4 nitrogen and oxygen atoms in total. The fourth-order valence-electron chi connectivity index (χ4n) is 2.70. The molecule has 22 heavy (non-hydrogen) atoms. The topological polar surface area (TPSA) is 67.6 Å². The molecule has 0 fully saturated rings. The van der Waals surface area contributed by atoms with Crippen LogP contribution in [0, 0.1) is 0 Å². The molecular formula is C18H14N4. The Morgan fingerprint density at radius 1 is 0.864 bits per heavy atom. The predicted octanol–water partition coefficient (Wildman–Crippen LogP) is 3.87. The maximum Gasteiger partial charge on any atom is 0.123 e. The third-order valence-electron chi connectivity index (χ3n) is 3.75. The van der Waals surface area contributed by atoms with E-state index in [2.05, 4.69) is 39.4 Å². The molecule has 2 aromatic carbocycles. The Balaban J connectivity index is 1.98. The molecule has 4 heteroatoms. The van der Waals surface area contributed by atoms with Crippen molar-refractivity contribution < 1.29 is 0 Å². The standard InChI is InChI=1S/C18H14N4/c19-17-10-13(6-7-20-17)14-8-15-11-21-22-18(15)16(9-14)12-4-2-1-3-5-12/h1-11H,(H2,19,20)(H,21,22). The van der Waals surface area contributed by atoms with Gasteiger partial charge in [-0.25, -0.2) is 4.98 Å². The summed E-state index contributed by atoms with van der Waals surface area (Å²) in [4.78, 5) is 4.06. The Hall–Kier alpha value is -3.14. The fourth-order valence-corrected chi connectivity index (χ4v) is 2.70. The van der Waals surface area contributed by atoms with E-state index in [0.29, 0.717) is 5.82 Å². The number of anilines is 1. The van der Waals surface area contributed by atoms with Gasteiger partial charge in [0.1, 0.15) is 5.82 Å². The van der Waals surface area contributed by atoms with Crippen LogP contribution in [0.3, 0.4) is 0 Å². The van der Waals surface area contributed by atoms with Gasteiger partial charge in [-0.05, 0) is 41.0 Å². The molecule has 2 heterocycles. The van der Waals surface area contributed by atoms with Gasteiger partial charge in [-0.1, -0.05) is 30.3 Å². The fraction of sp³-hybridized carbons (Fsp3) is 0. The third-order valence-corrected chi connectivity index (χ3v) is 3.75. The number of fused-ring (bicyclic) bond motifs is 1. The summed E-state index contributed by atoms with van der Waals surface area (Å²) in [6, 6.07) is 18.4. The molecule has 0 radical (unpaired) electrons. The van der Waals surface area contributed by atoms with E-state index in [1.54, 1.807) is 6.20 Å². The van der Waals surface area contributed by atoms with Gasteiger partial charge in [0, 0.05) is 17.1 Å². The van der Waals surface area contributed by atoms with E-state index in [1.807, 2.05) is 36.5 Å². The Kier molecular flexibility index (Phi) is 2.86. The molecule has 0 aliphatic rings. The van der Waals surface area contributed by atoms with Crippen molar-refractivity contribution in [2.24, 2.45) is 0 Å². The largest absolute Gasteiger partial charge is 0.384 e. The van der Waals surface area contributed by atoms with Gasteiger partial charge >= 0.3 is 0 Å². The number of aromatic amines is 1. The maximum absolute atomic E-state index is 5.81. The summed E-state index contributed by atoms with van der Waals surface area (Å²) in [6.07, 6.45) is 3.57. The van der Waals surface area contributed by atoms with Crippen molar-refractivity contribution in [3.63, 3.8) is 0 Å². The SMILES string of the molecule is Nc1cc(-c2cc(-c3ccccc3)c3[nH]ncc3c2)ccn1. The van der Waals surface area contributed by atoms with Crippen LogP contribution in [0.25, 0.3) is 33.2 Å². The minimum absolute atomic E-state index is 0.519. The number of nitrogens with two attached hydrogens (primary N) is 1. The van der Waals surface area contributed by atoms with Crippen molar-refractivity contribution in [1.82, 2.24) is 15.2 Å². The van der Waals surface area contributed by atoms with E-state index < -0.39 is 0 Å². The monoisotopic (exact) mass is 286 g/mol. The van der Waals surface area contributed by atoms with Crippen molar-refractivity contribution in [2.45, 2.75) is 0 Å². The van der Waals surface area contributed by atoms with Crippen molar-refractivity contribution in [1.29, 1.82) is 0 Å². The van der Waals surface area contributed by atoms with Crippen LogP contribution < -0.4 is 5.73 Å². The number of hydrogen-bond acceptors (Lipinski definition) is 3. The Labute approximate surface area is 127 Å². The molecule has 0 atom stereocenters. The minimum Gasteiger partial charge on any atom is -0.384 e. The normalized spacial score (nSPS) is 10.9. The van der Waals surface area contributed by atoms with Crippen LogP contribution >= 0.6 is 0 Å². The highest BCUT2D eigenvalue weighted by Gasteiger charge is 2.09. The first-order chi connectivity index (χ1) is 10.8. The first kappa shape index (κ1) is 12.6. The molecule has 0 amide bonds. The van der Waals surface area contributed by atoms with Crippen LogP contribution in [0.2, 0.25) is 0 Å². The highest BCUT2D eigenvalue weighted by molar-refractivity contribution is 5.97. The van der Waals surface area contributed by atoms with E-state index >= 15 is 0 Å². The van der Waals surface area contributed by atoms with Crippen LogP contribution in [-0.2, 0) is 0 Å². The summed E-state index contributed by atoms with van der Waals surface area (Å²) in [5.74, 6) is 0.519. The van der Waals surface area contributed by atoms with Crippen LogP contribution in [0.15, 0.2) is 67.0 Å². The summed E-state index contributed by atoms with van der Waals surface area (Å²) in [7, 11) is 0. The van der Waals surface area contributed by atoms with E-state index in [9.17, 15) is 0 Å². The number of nitrogens with zero attached hydrogens (tertiary/aromatic N) is 2. The van der Waals surface area contributed by atoms with Gasteiger partial charge in [-0.2, -0.15) is 5.10 Å². The molecule has 106 valence electrons. The van der Waals surface area contributed by atoms with Crippen LogP contribution in [0.4, 0.5) is 5.82 Å². The van der Waals surface area contributed by atoms with Crippen LogP contribution in [-0.4, -0.2) is 15.2 Å². The van der Waals surface area contributed by atoms with Gasteiger partial charge < -0.3 is 5.73 Å². The van der Waals surface area contributed by atoms with E-state index in [0.717, 1.165) is 33.2 Å². The second kappa shape index (κ2) is 5.00. The lowest BCUT2D eigenvalue weighted by atomic mass is 9.97. The van der Waals surface area contributed by atoms with Gasteiger partial charge in [0.15, 0.2) is 0 Å². The number of aromatic nitrogens is 3. The number of pyridine rings is 1. The second-order valence-electron chi connectivity index (χ2n) is 5.19. The summed E-state index contributed by atoms with van der Waals surface area (Å²) in [5.41, 5.74) is 11.3. The molecule has 0 aliphatic heterocycles. The smallest absolute Gasteiger partial charge is 0.123 e. The van der Waals surface area contributed by atoms with Gasteiger partial charge in [0.25, 0.3) is 0 Å². The lowest BCUT2D eigenvalue weighted by Crippen LogP contribution is -1.90. The van der Waals surface area contributed by atoms with E-state index in [1.165, 1.54) is 0 Å². The molecule has 3 N–H and O–H groups in total. The summed E-state index contributed by atoms with van der Waals surface area (Å²) in [5, 5.41) is 8.34. The summed E-state index contributed by atoms with van der Waals surface area (Å²) < 4.78 is 0. The Morgan fingerprint density at radius 3 is 2.55 bits per heavy atom. The number of benzene rings is 2. The number of nitrogen functional groups attached to an aromatic ring is 1. The van der Waals surface area contributed by atoms with Crippen molar-refractivity contribution >= 4 is 16.7 Å². The zero-order chi connectivity index (χ0) is 14.9. The molecular weight excluding hydrogens is 272 g/mol. The molecule has 0 spiro atoms. The first-order valence-corrected chi connectivity index (χ1v) is 7.06. The highest BCUT2D eigenvalue weighted by Crippen LogP contribution is 2.33. The summed E-state index contributed by atoms with van der Waals surface area (Å²) >= 11 is 0. The average Bonchev–Trinajstić information content (AvgIpc) is 3.03. The van der Waals surface area contributed by atoms with E-state index in [-0.39, 0.29) is 0 Å². The average molecular weight is 286 g/mol.